The number of aromatic nitrogens is 2. The van der Waals surface area contributed by atoms with Gasteiger partial charge in [0.25, 0.3) is 5.91 Å². The van der Waals surface area contributed by atoms with Crippen molar-refractivity contribution in [1.82, 2.24) is 14.9 Å². The van der Waals surface area contributed by atoms with Crippen molar-refractivity contribution in [2.45, 2.75) is 19.1 Å². The number of nitrogens with zero attached hydrogens (tertiary/aromatic N) is 2. The van der Waals surface area contributed by atoms with Gasteiger partial charge in [-0.2, -0.15) is 18.3 Å². The predicted octanol–water partition coefficient (Wildman–Crippen LogP) is 6.30. The smallest absolute Gasteiger partial charge is 0.416 e. The quantitative estimate of drug-likeness (QED) is 0.256. The summed E-state index contributed by atoms with van der Waals surface area (Å²) in [5.41, 5.74) is 3.23. The lowest BCUT2D eigenvalue weighted by atomic mass is 10.0. The van der Waals surface area contributed by atoms with Crippen molar-refractivity contribution in [2.24, 2.45) is 0 Å². The topological polar surface area (TPSA) is 83.7 Å². The Bertz CT molecular complexity index is 1610. The zero-order valence-corrected chi connectivity index (χ0v) is 20.5. The first-order chi connectivity index (χ1) is 18.2. The highest BCUT2D eigenvalue weighted by molar-refractivity contribution is 7.13. The molecule has 0 radical (unpaired) electrons. The Morgan fingerprint density at radius 3 is 2.34 bits per heavy atom. The fourth-order valence-corrected chi connectivity index (χ4v) is 4.85. The Morgan fingerprint density at radius 2 is 1.71 bits per heavy atom. The molecule has 5 rings (SSSR count). The fourth-order valence-electron chi connectivity index (χ4n) is 4.14. The molecule has 0 saturated carbocycles. The van der Waals surface area contributed by atoms with Crippen molar-refractivity contribution in [1.29, 1.82) is 0 Å². The van der Waals surface area contributed by atoms with Crippen LogP contribution in [-0.4, -0.2) is 26.6 Å². The summed E-state index contributed by atoms with van der Waals surface area (Å²) in [6.45, 7) is 0.177. The molecule has 2 N–H and O–H groups in total. The third-order valence-electron chi connectivity index (χ3n) is 6.07. The number of aromatic carboxylic acids is 1. The molecular weight excluding hydrogens is 515 g/mol. The van der Waals surface area contributed by atoms with E-state index in [0.29, 0.717) is 22.2 Å². The molecule has 192 valence electrons. The standard InChI is InChI=1S/C28H20F3N3O3S/c29-28(30,31)22-9-5-17(6-10-22)12-20-15-33-34-16-21(24-2-1-11-38-24)13-23(25(20)34)26(35)32-14-18-3-7-19(8-4-18)27(36)37/h1-11,13,15-16H,12,14H2,(H,32,35)(H,36,37). The van der Waals surface area contributed by atoms with Crippen LogP contribution in [0.2, 0.25) is 0 Å². The number of benzene rings is 2. The van der Waals surface area contributed by atoms with E-state index in [4.69, 9.17) is 5.11 Å². The number of nitrogens with one attached hydrogen (secondary N) is 1. The summed E-state index contributed by atoms with van der Waals surface area (Å²) in [7, 11) is 0. The Kier molecular flexibility index (Phi) is 6.73. The molecule has 38 heavy (non-hydrogen) atoms. The lowest BCUT2D eigenvalue weighted by Gasteiger charge is -2.11. The molecule has 0 aliphatic heterocycles. The Balaban J connectivity index is 1.47. The van der Waals surface area contributed by atoms with Crippen LogP contribution in [-0.2, 0) is 19.1 Å². The number of thiophene rings is 1. The average molecular weight is 536 g/mol. The van der Waals surface area contributed by atoms with Crippen LogP contribution in [0, 0.1) is 0 Å². The molecule has 0 saturated heterocycles. The molecule has 3 aromatic heterocycles. The number of carbonyl (C=O) groups is 2. The third kappa shape index (κ3) is 5.30. The van der Waals surface area contributed by atoms with Crippen LogP contribution in [0.15, 0.2) is 84.5 Å². The first-order valence-electron chi connectivity index (χ1n) is 11.5. The van der Waals surface area contributed by atoms with Crippen molar-refractivity contribution in [3.63, 3.8) is 0 Å². The van der Waals surface area contributed by atoms with Gasteiger partial charge in [0.05, 0.1) is 28.4 Å². The Morgan fingerprint density at radius 1 is 1.00 bits per heavy atom. The van der Waals surface area contributed by atoms with Gasteiger partial charge in [0, 0.05) is 35.2 Å². The molecule has 0 fully saturated rings. The first kappa shape index (κ1) is 25.2. The van der Waals surface area contributed by atoms with E-state index in [-0.39, 0.29) is 24.4 Å². The minimum absolute atomic E-state index is 0.151. The number of carboxylic acid groups (broad SMARTS) is 1. The Labute approximate surface area is 219 Å². The number of carbonyl (C=O) groups excluding carboxylic acids is 1. The van der Waals surface area contributed by atoms with Gasteiger partial charge in [0.15, 0.2) is 0 Å². The minimum Gasteiger partial charge on any atom is -0.478 e. The molecule has 0 aliphatic carbocycles. The Hall–Kier alpha value is -4.44. The number of hydrogen-bond donors (Lipinski definition) is 2. The van der Waals surface area contributed by atoms with E-state index in [9.17, 15) is 22.8 Å². The maximum absolute atomic E-state index is 13.4. The predicted molar refractivity (Wildman–Crippen MR) is 137 cm³/mol. The van der Waals surface area contributed by atoms with Crippen molar-refractivity contribution < 1.29 is 27.9 Å². The SMILES string of the molecule is O=C(O)c1ccc(CNC(=O)c2cc(-c3cccs3)cn3ncc(Cc4ccc(C(F)(F)F)cc4)c23)cc1. The van der Waals surface area contributed by atoms with Crippen LogP contribution in [0.1, 0.15) is 43.0 Å². The highest BCUT2D eigenvalue weighted by atomic mass is 32.1. The average Bonchev–Trinajstić information content (AvgIpc) is 3.57. The van der Waals surface area contributed by atoms with E-state index in [0.717, 1.165) is 28.1 Å². The van der Waals surface area contributed by atoms with Gasteiger partial charge in [-0.1, -0.05) is 30.3 Å². The number of hydrogen-bond acceptors (Lipinski definition) is 4. The number of alkyl halides is 3. The molecule has 3 heterocycles. The second kappa shape index (κ2) is 10.1. The number of pyridine rings is 1. The molecule has 6 nitrogen and oxygen atoms in total. The second-order valence-electron chi connectivity index (χ2n) is 8.64. The van der Waals surface area contributed by atoms with Crippen LogP contribution in [0.25, 0.3) is 16.0 Å². The van der Waals surface area contributed by atoms with Gasteiger partial charge in [-0.05, 0) is 52.9 Å². The van der Waals surface area contributed by atoms with Crippen LogP contribution in [0.4, 0.5) is 13.2 Å². The van der Waals surface area contributed by atoms with Crippen LogP contribution < -0.4 is 5.32 Å². The van der Waals surface area contributed by atoms with Crippen LogP contribution >= 0.6 is 11.3 Å². The largest absolute Gasteiger partial charge is 0.478 e. The summed E-state index contributed by atoms with van der Waals surface area (Å²) in [5.74, 6) is -1.39. The summed E-state index contributed by atoms with van der Waals surface area (Å²) in [6, 6.07) is 16.8. The summed E-state index contributed by atoms with van der Waals surface area (Å²) in [4.78, 5) is 25.5. The van der Waals surface area contributed by atoms with E-state index in [2.05, 4.69) is 10.4 Å². The van der Waals surface area contributed by atoms with Crippen molar-refractivity contribution in [3.8, 4) is 10.4 Å². The summed E-state index contributed by atoms with van der Waals surface area (Å²) < 4.78 is 40.5. The lowest BCUT2D eigenvalue weighted by molar-refractivity contribution is -0.137. The molecule has 0 atom stereocenters. The number of halogens is 3. The van der Waals surface area contributed by atoms with Gasteiger partial charge in [-0.15, -0.1) is 11.3 Å². The molecule has 2 aromatic carbocycles. The van der Waals surface area contributed by atoms with Crippen molar-refractivity contribution in [3.05, 3.63) is 118 Å². The second-order valence-corrected chi connectivity index (χ2v) is 9.59. The maximum atomic E-state index is 13.4. The highest BCUT2D eigenvalue weighted by Gasteiger charge is 2.30. The molecule has 0 aliphatic rings. The summed E-state index contributed by atoms with van der Waals surface area (Å²) >= 11 is 1.52. The van der Waals surface area contributed by atoms with Gasteiger partial charge in [0.1, 0.15) is 0 Å². The normalized spacial score (nSPS) is 11.6. The van der Waals surface area contributed by atoms with Crippen LogP contribution in [0.5, 0.6) is 0 Å². The monoisotopic (exact) mass is 535 g/mol. The molecule has 0 spiro atoms. The van der Waals surface area contributed by atoms with Gasteiger partial charge < -0.3 is 10.4 Å². The number of carboxylic acids is 1. The van der Waals surface area contributed by atoms with Gasteiger partial charge >= 0.3 is 12.1 Å². The molecule has 0 bridgehead atoms. The van der Waals surface area contributed by atoms with Crippen molar-refractivity contribution >= 4 is 28.7 Å². The van der Waals surface area contributed by atoms with Gasteiger partial charge in [-0.25, -0.2) is 9.31 Å². The third-order valence-corrected chi connectivity index (χ3v) is 6.99. The first-order valence-corrected chi connectivity index (χ1v) is 12.4. The van der Waals surface area contributed by atoms with E-state index in [1.54, 1.807) is 28.9 Å². The minimum atomic E-state index is -4.42. The zero-order chi connectivity index (χ0) is 26.9. The van der Waals surface area contributed by atoms with E-state index in [1.165, 1.54) is 35.6 Å². The lowest BCUT2D eigenvalue weighted by Crippen LogP contribution is -2.23. The van der Waals surface area contributed by atoms with E-state index < -0.39 is 17.7 Å². The van der Waals surface area contributed by atoms with E-state index in [1.807, 2.05) is 23.7 Å². The molecule has 0 unspecified atom stereocenters. The molecular formula is C28H20F3N3O3S. The van der Waals surface area contributed by atoms with Gasteiger partial charge in [-0.3, -0.25) is 4.79 Å². The van der Waals surface area contributed by atoms with Crippen LogP contribution in [0.3, 0.4) is 0 Å². The molecule has 1 amide bonds. The highest BCUT2D eigenvalue weighted by Crippen LogP contribution is 2.31. The van der Waals surface area contributed by atoms with Gasteiger partial charge in [0.2, 0.25) is 0 Å². The number of fused-ring (bicyclic) bond motifs is 1. The molecule has 5 aromatic rings. The number of amides is 1. The molecule has 10 heteroatoms. The van der Waals surface area contributed by atoms with Crippen molar-refractivity contribution in [2.75, 3.05) is 0 Å². The maximum Gasteiger partial charge on any atom is 0.416 e. The summed E-state index contributed by atoms with van der Waals surface area (Å²) in [5, 5.41) is 18.3. The van der Waals surface area contributed by atoms with E-state index >= 15 is 0 Å². The zero-order valence-electron chi connectivity index (χ0n) is 19.7. The summed E-state index contributed by atoms with van der Waals surface area (Å²) in [6.07, 6.45) is -0.692. The fraction of sp³-hybridized carbons (Fsp3) is 0.107. The number of rotatable bonds is 7.